The largest absolute Gasteiger partial charge is 0.345 e. The molecule has 1 aliphatic rings. The molecule has 1 saturated heterocycles. The molecule has 0 spiro atoms. The van der Waals surface area contributed by atoms with Gasteiger partial charge in [-0.3, -0.25) is 4.79 Å². The predicted octanol–water partition coefficient (Wildman–Crippen LogP) is 2.79. The van der Waals surface area contributed by atoms with Crippen LogP contribution in [0.4, 0.5) is 5.13 Å². The van der Waals surface area contributed by atoms with Crippen LogP contribution in [0.5, 0.6) is 0 Å². The molecule has 1 amide bonds. The molecule has 2 aromatic rings. The van der Waals surface area contributed by atoms with Crippen molar-refractivity contribution in [1.29, 1.82) is 0 Å². The molecule has 0 radical (unpaired) electrons. The van der Waals surface area contributed by atoms with Crippen molar-refractivity contribution in [3.63, 3.8) is 0 Å². The second kappa shape index (κ2) is 8.77. The fourth-order valence-electron chi connectivity index (χ4n) is 3.18. The maximum Gasteiger partial charge on any atom is 0.255 e. The average Bonchev–Trinajstić information content (AvgIpc) is 3.23. The molecule has 1 aromatic carbocycles. The molecule has 7 nitrogen and oxygen atoms in total. The highest BCUT2D eigenvalue weighted by Crippen LogP contribution is 2.25. The molecule has 0 saturated carbocycles. The van der Waals surface area contributed by atoms with Crippen LogP contribution in [0.15, 0.2) is 34.7 Å². The van der Waals surface area contributed by atoms with Gasteiger partial charge in [0.25, 0.3) is 5.91 Å². The molecule has 2 heterocycles. The predicted molar refractivity (Wildman–Crippen MR) is 112 cm³/mol. The van der Waals surface area contributed by atoms with Gasteiger partial charge < -0.3 is 9.80 Å². The topological polar surface area (TPSA) is 73.8 Å². The molecule has 10 heteroatoms. The third-order valence-electron chi connectivity index (χ3n) is 4.77. The number of hydrogen-bond donors (Lipinski definition) is 0. The highest BCUT2D eigenvalue weighted by molar-refractivity contribution is 7.89. The lowest BCUT2D eigenvalue weighted by Crippen LogP contribution is -2.48. The van der Waals surface area contributed by atoms with Crippen molar-refractivity contribution in [3.05, 3.63) is 40.4 Å². The van der Waals surface area contributed by atoms with Gasteiger partial charge in [0.05, 0.1) is 15.5 Å². The number of hydrogen-bond acceptors (Lipinski definition) is 6. The summed E-state index contributed by atoms with van der Waals surface area (Å²) in [4.78, 5) is 21.2. The van der Waals surface area contributed by atoms with Gasteiger partial charge in [0.15, 0.2) is 5.13 Å². The summed E-state index contributed by atoms with van der Waals surface area (Å²) in [5, 5.41) is 3.12. The minimum Gasteiger partial charge on any atom is -0.345 e. The van der Waals surface area contributed by atoms with Crippen LogP contribution in [0.25, 0.3) is 0 Å². The summed E-state index contributed by atoms with van der Waals surface area (Å²) in [6.45, 7) is 6.70. The van der Waals surface area contributed by atoms with Gasteiger partial charge in [0.1, 0.15) is 0 Å². The summed E-state index contributed by atoms with van der Waals surface area (Å²) in [6, 6.07) is 4.33. The smallest absolute Gasteiger partial charge is 0.255 e. The fraction of sp³-hybridized carbons (Fsp3) is 0.444. The number of sulfonamides is 1. The van der Waals surface area contributed by atoms with E-state index in [2.05, 4.69) is 9.88 Å². The highest BCUT2D eigenvalue weighted by Gasteiger charge is 2.27. The number of amides is 1. The normalized spacial score (nSPS) is 15.3. The Morgan fingerprint density at radius 2 is 1.89 bits per heavy atom. The van der Waals surface area contributed by atoms with Gasteiger partial charge in [-0.05, 0) is 18.2 Å². The van der Waals surface area contributed by atoms with Crippen molar-refractivity contribution in [2.24, 2.45) is 0 Å². The monoisotopic (exact) mass is 442 g/mol. The first-order valence-electron chi connectivity index (χ1n) is 9.11. The molecule has 3 rings (SSSR count). The van der Waals surface area contributed by atoms with Gasteiger partial charge in [-0.2, -0.15) is 4.31 Å². The second-order valence-corrected chi connectivity index (χ2v) is 9.54. The summed E-state index contributed by atoms with van der Waals surface area (Å²) < 4.78 is 26.9. The SMILES string of the molecule is CCN(CC)S(=O)(=O)c1ccc(Cl)c(C(=O)N2CCN(c3nccs3)CC2)c1. The quantitative estimate of drug-likeness (QED) is 0.687. The van der Waals surface area contributed by atoms with E-state index in [1.165, 1.54) is 22.5 Å². The average molecular weight is 443 g/mol. The lowest BCUT2D eigenvalue weighted by atomic mass is 10.2. The van der Waals surface area contributed by atoms with E-state index in [1.807, 2.05) is 5.38 Å². The van der Waals surface area contributed by atoms with Crippen LogP contribution in [-0.4, -0.2) is 67.8 Å². The minimum atomic E-state index is -3.65. The van der Waals surface area contributed by atoms with E-state index >= 15 is 0 Å². The number of nitrogens with zero attached hydrogens (tertiary/aromatic N) is 4. The van der Waals surface area contributed by atoms with Gasteiger partial charge in [-0.1, -0.05) is 25.4 Å². The van der Waals surface area contributed by atoms with Crippen LogP contribution in [0, 0.1) is 0 Å². The molecule has 152 valence electrons. The van der Waals surface area contributed by atoms with E-state index in [0.717, 1.165) is 5.13 Å². The Balaban J connectivity index is 1.79. The fourth-order valence-corrected chi connectivity index (χ4v) is 5.56. The van der Waals surface area contributed by atoms with Crippen LogP contribution in [-0.2, 0) is 10.0 Å². The molecule has 0 unspecified atom stereocenters. The minimum absolute atomic E-state index is 0.0883. The summed E-state index contributed by atoms with van der Waals surface area (Å²) in [5.74, 6) is -0.250. The first kappa shape index (κ1) is 21.0. The lowest BCUT2D eigenvalue weighted by Gasteiger charge is -2.34. The Morgan fingerprint density at radius 3 is 2.46 bits per heavy atom. The summed E-state index contributed by atoms with van der Waals surface area (Å²) in [7, 11) is -3.65. The van der Waals surface area contributed by atoms with Gasteiger partial charge in [0.2, 0.25) is 10.0 Å². The summed E-state index contributed by atoms with van der Waals surface area (Å²) >= 11 is 7.81. The first-order valence-corrected chi connectivity index (χ1v) is 11.8. The first-order chi connectivity index (χ1) is 13.4. The summed E-state index contributed by atoms with van der Waals surface area (Å²) in [6.07, 6.45) is 1.76. The number of aromatic nitrogens is 1. The molecule has 1 aromatic heterocycles. The molecule has 0 bridgehead atoms. The second-order valence-electron chi connectivity index (χ2n) is 6.32. The Labute approximate surface area is 174 Å². The van der Waals surface area contributed by atoms with E-state index < -0.39 is 10.0 Å². The third kappa shape index (κ3) is 4.17. The van der Waals surface area contributed by atoms with E-state index in [4.69, 9.17) is 11.6 Å². The number of halogens is 1. The standard InChI is InChI=1S/C18H23ClN4O3S2/c1-3-23(4-2)28(25,26)14-5-6-16(19)15(13-14)17(24)21-8-10-22(11-9-21)18-20-7-12-27-18/h5-7,12-13H,3-4,8-11H2,1-2H3. The van der Waals surface area contributed by atoms with Crippen molar-refractivity contribution >= 4 is 44.0 Å². The number of anilines is 1. The van der Waals surface area contributed by atoms with Crippen LogP contribution >= 0.6 is 22.9 Å². The third-order valence-corrected chi connectivity index (χ3v) is 7.98. The van der Waals surface area contributed by atoms with Gasteiger partial charge in [-0.15, -0.1) is 11.3 Å². The summed E-state index contributed by atoms with van der Waals surface area (Å²) in [5.41, 5.74) is 0.220. The van der Waals surface area contributed by atoms with Crippen molar-refractivity contribution in [2.45, 2.75) is 18.7 Å². The van der Waals surface area contributed by atoms with E-state index in [9.17, 15) is 13.2 Å². The number of rotatable bonds is 6. The molecular weight excluding hydrogens is 420 g/mol. The zero-order valence-corrected chi connectivity index (χ0v) is 18.2. The number of thiazole rings is 1. The highest BCUT2D eigenvalue weighted by atomic mass is 35.5. The lowest BCUT2D eigenvalue weighted by molar-refractivity contribution is 0.0746. The van der Waals surface area contributed by atoms with Crippen LogP contribution < -0.4 is 4.90 Å². The molecule has 28 heavy (non-hydrogen) atoms. The van der Waals surface area contributed by atoms with E-state index in [0.29, 0.717) is 39.3 Å². The molecule has 1 aliphatic heterocycles. The maximum atomic E-state index is 13.0. The zero-order valence-electron chi connectivity index (χ0n) is 15.8. The van der Waals surface area contributed by atoms with Crippen LogP contribution in [0.2, 0.25) is 5.02 Å². The molecule has 0 aliphatic carbocycles. The Morgan fingerprint density at radius 1 is 1.21 bits per heavy atom. The maximum absolute atomic E-state index is 13.0. The van der Waals surface area contributed by atoms with Gasteiger partial charge in [0, 0.05) is 50.8 Å². The molecule has 0 atom stereocenters. The van der Waals surface area contributed by atoms with Gasteiger partial charge in [-0.25, -0.2) is 13.4 Å². The molecule has 1 fully saturated rings. The van der Waals surface area contributed by atoms with Crippen LogP contribution in [0.3, 0.4) is 0 Å². The number of carbonyl (C=O) groups is 1. The van der Waals surface area contributed by atoms with Crippen molar-refractivity contribution in [3.8, 4) is 0 Å². The Kier molecular flexibility index (Phi) is 6.59. The Hall–Kier alpha value is -1.68. The number of benzene rings is 1. The van der Waals surface area contributed by atoms with Crippen LogP contribution in [0.1, 0.15) is 24.2 Å². The number of piperazine rings is 1. The van der Waals surface area contributed by atoms with Crippen molar-refractivity contribution < 1.29 is 13.2 Å². The zero-order chi connectivity index (χ0) is 20.3. The van der Waals surface area contributed by atoms with E-state index in [-0.39, 0.29) is 21.4 Å². The van der Waals surface area contributed by atoms with Gasteiger partial charge >= 0.3 is 0 Å². The Bertz CT molecular complexity index is 922. The van der Waals surface area contributed by atoms with Crippen molar-refractivity contribution in [2.75, 3.05) is 44.2 Å². The van der Waals surface area contributed by atoms with E-state index in [1.54, 1.807) is 36.3 Å². The number of carbonyl (C=O) groups excluding carboxylic acids is 1. The molecule has 0 N–H and O–H groups in total. The molecular formula is C18H23ClN4O3S2. The van der Waals surface area contributed by atoms with Crippen molar-refractivity contribution in [1.82, 2.24) is 14.2 Å².